The van der Waals surface area contributed by atoms with E-state index in [1.165, 1.54) is 6.20 Å². The minimum absolute atomic E-state index is 0.0940. The van der Waals surface area contributed by atoms with Crippen molar-refractivity contribution in [3.05, 3.63) is 70.8 Å². The third-order valence-corrected chi connectivity index (χ3v) is 3.48. The number of fused-ring (bicyclic) bond motifs is 2. The molecule has 24 heavy (non-hydrogen) atoms. The van der Waals surface area contributed by atoms with Gasteiger partial charge in [-0.3, -0.25) is 5.10 Å². The SMILES string of the molecule is CC(C)OC1=CC=C(N=Nc2[nH]ncc2C#N)C2=CC=CC=C1C2. The summed E-state index contributed by atoms with van der Waals surface area (Å²) >= 11 is 0. The molecule has 0 atom stereocenters. The second-order valence-electron chi connectivity index (χ2n) is 5.64. The van der Waals surface area contributed by atoms with E-state index in [0.29, 0.717) is 17.8 Å². The Balaban J connectivity index is 1.94. The van der Waals surface area contributed by atoms with Crippen LogP contribution in [0.2, 0.25) is 0 Å². The molecule has 6 nitrogen and oxygen atoms in total. The maximum Gasteiger partial charge on any atom is 0.188 e. The Kier molecular flexibility index (Phi) is 4.52. The number of hydrogen-bond donors (Lipinski definition) is 1. The molecule has 0 aliphatic heterocycles. The average molecular weight is 319 g/mol. The minimum atomic E-state index is 0.0940. The van der Waals surface area contributed by atoms with Crippen LogP contribution in [-0.2, 0) is 4.74 Å². The van der Waals surface area contributed by atoms with Crippen LogP contribution in [0.5, 0.6) is 0 Å². The van der Waals surface area contributed by atoms with Gasteiger partial charge in [-0.05, 0) is 37.1 Å². The summed E-state index contributed by atoms with van der Waals surface area (Å²) in [6.45, 7) is 4.00. The molecule has 0 radical (unpaired) electrons. The summed E-state index contributed by atoms with van der Waals surface area (Å²) in [6.07, 6.45) is 14.1. The summed E-state index contributed by atoms with van der Waals surface area (Å²) in [5, 5.41) is 23.9. The number of nitriles is 1. The number of aromatic nitrogens is 2. The molecule has 2 aliphatic carbocycles. The first-order valence-corrected chi connectivity index (χ1v) is 7.68. The number of hydrogen-bond acceptors (Lipinski definition) is 5. The smallest absolute Gasteiger partial charge is 0.188 e. The number of ether oxygens (including phenoxy) is 1. The van der Waals surface area contributed by atoms with Crippen LogP contribution < -0.4 is 0 Å². The molecule has 0 aromatic carbocycles. The van der Waals surface area contributed by atoms with Crippen molar-refractivity contribution in [2.45, 2.75) is 26.4 Å². The van der Waals surface area contributed by atoms with E-state index >= 15 is 0 Å². The third-order valence-electron chi connectivity index (χ3n) is 3.48. The number of azo groups is 1. The molecule has 0 amide bonds. The van der Waals surface area contributed by atoms with Gasteiger partial charge in [-0.1, -0.05) is 24.3 Å². The van der Waals surface area contributed by atoms with Crippen LogP contribution in [-0.4, -0.2) is 16.3 Å². The molecular formula is C18H17N5O. The van der Waals surface area contributed by atoms with Crippen molar-refractivity contribution >= 4 is 5.82 Å². The first-order valence-electron chi connectivity index (χ1n) is 7.68. The van der Waals surface area contributed by atoms with Crippen LogP contribution in [0.25, 0.3) is 0 Å². The number of allylic oxidation sites excluding steroid dienone is 8. The lowest BCUT2D eigenvalue weighted by molar-refractivity contribution is 0.153. The number of aromatic amines is 1. The van der Waals surface area contributed by atoms with Gasteiger partial charge in [0.1, 0.15) is 17.4 Å². The first kappa shape index (κ1) is 15.7. The van der Waals surface area contributed by atoms with Crippen molar-refractivity contribution < 1.29 is 4.74 Å². The van der Waals surface area contributed by atoms with Crippen molar-refractivity contribution in [1.82, 2.24) is 10.2 Å². The Labute approximate surface area is 140 Å². The van der Waals surface area contributed by atoms with Gasteiger partial charge in [-0.15, -0.1) is 10.2 Å². The fourth-order valence-corrected chi connectivity index (χ4v) is 2.39. The van der Waals surface area contributed by atoms with E-state index in [2.05, 4.69) is 20.4 Å². The zero-order chi connectivity index (χ0) is 16.9. The van der Waals surface area contributed by atoms with Crippen LogP contribution in [0.3, 0.4) is 0 Å². The maximum atomic E-state index is 9.01. The Bertz CT molecular complexity index is 856. The topological polar surface area (TPSA) is 86.4 Å². The van der Waals surface area contributed by atoms with E-state index < -0.39 is 0 Å². The van der Waals surface area contributed by atoms with Crippen molar-refractivity contribution in [3.63, 3.8) is 0 Å². The van der Waals surface area contributed by atoms with Crippen LogP contribution in [0.1, 0.15) is 25.8 Å². The van der Waals surface area contributed by atoms with Crippen LogP contribution in [0.15, 0.2) is 75.5 Å². The van der Waals surface area contributed by atoms with Gasteiger partial charge in [0.15, 0.2) is 5.82 Å². The normalized spacial score (nSPS) is 16.8. The number of nitrogens with zero attached hydrogens (tertiary/aromatic N) is 4. The molecule has 6 heteroatoms. The van der Waals surface area contributed by atoms with Crippen LogP contribution in [0, 0.1) is 11.3 Å². The zero-order valence-corrected chi connectivity index (χ0v) is 13.5. The summed E-state index contributed by atoms with van der Waals surface area (Å²) in [7, 11) is 0. The Morgan fingerprint density at radius 1 is 1.17 bits per heavy atom. The van der Waals surface area contributed by atoms with Gasteiger partial charge in [0.25, 0.3) is 0 Å². The molecule has 1 heterocycles. The summed E-state index contributed by atoms with van der Waals surface area (Å²) in [6, 6.07) is 2.02. The van der Waals surface area contributed by atoms with Gasteiger partial charge in [0.05, 0.1) is 18.0 Å². The molecule has 0 unspecified atom stereocenters. The standard InChI is InChI=1S/C18H17N5O/c1-12(2)24-17-8-7-16(13-5-3-4-6-14(17)9-13)21-23-18-15(10-19)11-20-22-18/h3-8,11-12H,9H2,1-2H3,(H,20,22). The fraction of sp³-hybridized carbons (Fsp3) is 0.222. The number of H-pyrrole nitrogens is 1. The van der Waals surface area contributed by atoms with Gasteiger partial charge in [-0.2, -0.15) is 10.4 Å². The Hall–Kier alpha value is -3.20. The van der Waals surface area contributed by atoms with E-state index in [-0.39, 0.29) is 6.10 Å². The third kappa shape index (κ3) is 3.41. The summed E-state index contributed by atoms with van der Waals surface area (Å²) in [5.74, 6) is 1.19. The monoisotopic (exact) mass is 319 g/mol. The largest absolute Gasteiger partial charge is 0.491 e. The molecule has 2 aliphatic rings. The molecule has 0 fully saturated rings. The van der Waals surface area contributed by atoms with Gasteiger partial charge >= 0.3 is 0 Å². The van der Waals surface area contributed by atoms with Crippen LogP contribution >= 0.6 is 0 Å². The van der Waals surface area contributed by atoms with Crippen molar-refractivity contribution in [1.29, 1.82) is 5.26 Å². The van der Waals surface area contributed by atoms with Gasteiger partial charge in [0.2, 0.25) is 0 Å². The van der Waals surface area contributed by atoms with E-state index in [1.54, 1.807) is 0 Å². The van der Waals surface area contributed by atoms with Crippen LogP contribution in [0.4, 0.5) is 5.82 Å². The quantitative estimate of drug-likeness (QED) is 0.835. The molecule has 2 bridgehead atoms. The van der Waals surface area contributed by atoms with Crippen molar-refractivity contribution in [3.8, 4) is 6.07 Å². The predicted octanol–water partition coefficient (Wildman–Crippen LogP) is 4.38. The summed E-state index contributed by atoms with van der Waals surface area (Å²) < 4.78 is 5.90. The summed E-state index contributed by atoms with van der Waals surface area (Å²) in [4.78, 5) is 0. The second kappa shape index (κ2) is 6.92. The molecule has 1 aromatic heterocycles. The Morgan fingerprint density at radius 3 is 2.71 bits per heavy atom. The summed E-state index contributed by atoms with van der Waals surface area (Å²) in [5.41, 5.74) is 3.23. The molecule has 1 N–H and O–H groups in total. The van der Waals surface area contributed by atoms with Gasteiger partial charge in [0, 0.05) is 6.42 Å². The zero-order valence-electron chi connectivity index (χ0n) is 13.5. The molecular weight excluding hydrogens is 302 g/mol. The molecule has 0 saturated heterocycles. The van der Waals surface area contributed by atoms with E-state index in [4.69, 9.17) is 10.00 Å². The molecule has 0 saturated carbocycles. The molecule has 3 rings (SSSR count). The molecule has 1 aromatic rings. The maximum absolute atomic E-state index is 9.01. The first-order chi connectivity index (χ1) is 11.7. The lowest BCUT2D eigenvalue weighted by Crippen LogP contribution is -2.04. The highest BCUT2D eigenvalue weighted by molar-refractivity contribution is 5.50. The Morgan fingerprint density at radius 2 is 1.96 bits per heavy atom. The fourth-order valence-electron chi connectivity index (χ4n) is 2.39. The van der Waals surface area contributed by atoms with E-state index in [9.17, 15) is 0 Å². The predicted molar refractivity (Wildman–Crippen MR) is 90.1 cm³/mol. The molecule has 120 valence electrons. The van der Waals surface area contributed by atoms with Gasteiger partial charge < -0.3 is 4.74 Å². The molecule has 0 spiro atoms. The lowest BCUT2D eigenvalue weighted by Gasteiger charge is -2.15. The highest BCUT2D eigenvalue weighted by Gasteiger charge is 2.17. The lowest BCUT2D eigenvalue weighted by atomic mass is 10.0. The van der Waals surface area contributed by atoms with Crippen molar-refractivity contribution in [2.75, 3.05) is 0 Å². The van der Waals surface area contributed by atoms with Gasteiger partial charge in [-0.25, -0.2) is 0 Å². The number of rotatable bonds is 4. The highest BCUT2D eigenvalue weighted by Crippen LogP contribution is 2.32. The second-order valence-corrected chi connectivity index (χ2v) is 5.64. The average Bonchev–Trinajstić information content (AvgIpc) is 2.79. The highest BCUT2D eigenvalue weighted by atomic mass is 16.5. The van der Waals surface area contributed by atoms with E-state index in [0.717, 1.165) is 22.6 Å². The number of nitrogens with one attached hydrogen (secondary N) is 1. The van der Waals surface area contributed by atoms with Crippen molar-refractivity contribution in [2.24, 2.45) is 10.2 Å². The minimum Gasteiger partial charge on any atom is -0.491 e. The van der Waals surface area contributed by atoms with E-state index in [1.807, 2.05) is 56.4 Å².